The van der Waals surface area contributed by atoms with Gasteiger partial charge >= 0.3 is 0 Å². The summed E-state index contributed by atoms with van der Waals surface area (Å²) in [6, 6.07) is 8.98. The second-order valence-corrected chi connectivity index (χ2v) is 10.8. The zero-order valence-electron chi connectivity index (χ0n) is 21.0. The molecule has 4 rings (SSSR count). The molecule has 4 heteroatoms. The summed E-state index contributed by atoms with van der Waals surface area (Å²) in [4.78, 5) is 0. The van der Waals surface area contributed by atoms with Crippen molar-refractivity contribution in [3.63, 3.8) is 0 Å². The minimum atomic E-state index is -0.638. The van der Waals surface area contributed by atoms with Crippen LogP contribution in [0.15, 0.2) is 43.0 Å². The first-order chi connectivity index (χ1) is 17.0. The Morgan fingerprint density at radius 2 is 1.60 bits per heavy atom. The minimum absolute atomic E-state index is 0.155. The first-order valence-corrected chi connectivity index (χ1v) is 13.5. The van der Waals surface area contributed by atoms with Gasteiger partial charge in [0.1, 0.15) is 0 Å². The summed E-state index contributed by atoms with van der Waals surface area (Å²) in [6.45, 7) is 6.31. The van der Waals surface area contributed by atoms with Gasteiger partial charge in [-0.15, -0.1) is 6.58 Å². The van der Waals surface area contributed by atoms with Gasteiger partial charge in [0, 0.05) is 0 Å². The van der Waals surface area contributed by atoms with Crippen LogP contribution in [0.2, 0.25) is 0 Å². The van der Waals surface area contributed by atoms with Crippen LogP contribution in [-0.2, 0) is 6.42 Å². The molecule has 2 aromatic carbocycles. The van der Waals surface area contributed by atoms with E-state index in [1.54, 1.807) is 18.2 Å². The number of hydrogen-bond acceptors (Lipinski definition) is 1. The zero-order valence-corrected chi connectivity index (χ0v) is 21.0. The van der Waals surface area contributed by atoms with Crippen molar-refractivity contribution < 1.29 is 17.9 Å². The highest BCUT2D eigenvalue weighted by Crippen LogP contribution is 2.40. The second-order valence-electron chi connectivity index (χ2n) is 10.8. The number of hydrogen-bond donors (Lipinski definition) is 0. The molecular formula is C31H39F3O. The summed E-state index contributed by atoms with van der Waals surface area (Å²) in [5.74, 6) is 0.413. The van der Waals surface area contributed by atoms with Gasteiger partial charge in [-0.2, -0.15) is 0 Å². The fourth-order valence-electron chi connectivity index (χ4n) is 5.97. The predicted octanol–water partition coefficient (Wildman–Crippen LogP) is 9.26. The smallest absolute Gasteiger partial charge is 0.165 e. The van der Waals surface area contributed by atoms with E-state index in [-0.39, 0.29) is 11.7 Å². The van der Waals surface area contributed by atoms with Gasteiger partial charge in [0.25, 0.3) is 0 Å². The Balaban J connectivity index is 1.27. The highest BCUT2D eigenvalue weighted by atomic mass is 19.2. The molecule has 0 atom stereocenters. The Kier molecular flexibility index (Phi) is 8.97. The Hall–Kier alpha value is -2.23. The van der Waals surface area contributed by atoms with Crippen molar-refractivity contribution in [1.82, 2.24) is 0 Å². The number of halogens is 3. The van der Waals surface area contributed by atoms with Gasteiger partial charge in [0.05, 0.1) is 6.61 Å². The highest BCUT2D eigenvalue weighted by Gasteiger charge is 2.26. The summed E-state index contributed by atoms with van der Waals surface area (Å²) < 4.78 is 49.7. The lowest BCUT2D eigenvalue weighted by atomic mass is 9.76. The van der Waals surface area contributed by atoms with Crippen LogP contribution in [-0.4, -0.2) is 6.61 Å². The van der Waals surface area contributed by atoms with Gasteiger partial charge in [-0.25, -0.2) is 13.2 Å². The quantitative estimate of drug-likeness (QED) is 0.254. The monoisotopic (exact) mass is 484 g/mol. The molecule has 190 valence electrons. The fourth-order valence-corrected chi connectivity index (χ4v) is 5.97. The van der Waals surface area contributed by atoms with Crippen molar-refractivity contribution >= 4 is 0 Å². The van der Waals surface area contributed by atoms with Crippen LogP contribution in [0.5, 0.6) is 5.75 Å². The molecule has 1 nitrogen and oxygen atoms in total. The highest BCUT2D eigenvalue weighted by molar-refractivity contribution is 5.32. The summed E-state index contributed by atoms with van der Waals surface area (Å²) >= 11 is 0. The molecule has 2 fully saturated rings. The van der Waals surface area contributed by atoms with Crippen LogP contribution in [0.1, 0.15) is 99.7 Å². The van der Waals surface area contributed by atoms with E-state index in [2.05, 4.69) is 13.5 Å². The normalized spacial score (nSPS) is 24.8. The lowest BCUT2D eigenvalue weighted by Gasteiger charge is -2.29. The number of aryl methyl sites for hydroxylation is 1. The predicted molar refractivity (Wildman–Crippen MR) is 136 cm³/mol. The van der Waals surface area contributed by atoms with E-state index < -0.39 is 11.6 Å². The average molecular weight is 485 g/mol. The van der Waals surface area contributed by atoms with Crippen LogP contribution in [0.25, 0.3) is 0 Å². The third-order valence-corrected chi connectivity index (χ3v) is 8.32. The molecule has 0 bridgehead atoms. The van der Waals surface area contributed by atoms with Gasteiger partial charge in [0.15, 0.2) is 23.2 Å². The summed E-state index contributed by atoms with van der Waals surface area (Å²) in [7, 11) is 0. The van der Waals surface area contributed by atoms with E-state index in [9.17, 15) is 13.2 Å². The Morgan fingerprint density at radius 3 is 2.29 bits per heavy atom. The maximum Gasteiger partial charge on any atom is 0.165 e. The molecule has 0 amide bonds. The Labute approximate surface area is 208 Å². The van der Waals surface area contributed by atoms with Crippen molar-refractivity contribution in [2.45, 2.75) is 89.4 Å². The van der Waals surface area contributed by atoms with Gasteiger partial charge in [0.2, 0.25) is 0 Å². The molecule has 0 aromatic heterocycles. The summed E-state index contributed by atoms with van der Waals surface area (Å²) in [5, 5.41) is 0. The van der Waals surface area contributed by atoms with Crippen molar-refractivity contribution in [1.29, 1.82) is 0 Å². The SMILES string of the molecule is C=CCCOc1ccc(C2CCC(CCc3ccc(C4CCC(C)CC4)c(F)c3F)CC2)cc1F. The van der Waals surface area contributed by atoms with Crippen LogP contribution in [0.3, 0.4) is 0 Å². The molecule has 0 aliphatic heterocycles. The van der Waals surface area contributed by atoms with Crippen molar-refractivity contribution in [2.24, 2.45) is 11.8 Å². The first kappa shape index (κ1) is 25.9. The van der Waals surface area contributed by atoms with E-state index in [0.717, 1.165) is 63.4 Å². The van der Waals surface area contributed by atoms with Crippen molar-refractivity contribution in [2.75, 3.05) is 6.61 Å². The van der Waals surface area contributed by atoms with E-state index in [4.69, 9.17) is 4.74 Å². The van der Waals surface area contributed by atoms with Crippen molar-refractivity contribution in [3.8, 4) is 5.75 Å². The first-order valence-electron chi connectivity index (χ1n) is 13.5. The number of benzene rings is 2. The summed E-state index contributed by atoms with van der Waals surface area (Å²) in [5.41, 5.74) is 2.10. The Bertz CT molecular complexity index is 985. The molecule has 2 saturated carbocycles. The lowest BCUT2D eigenvalue weighted by Crippen LogP contribution is -2.15. The van der Waals surface area contributed by atoms with E-state index in [1.165, 1.54) is 0 Å². The summed E-state index contributed by atoms with van der Waals surface area (Å²) in [6.07, 6.45) is 12.0. The van der Waals surface area contributed by atoms with Gasteiger partial charge in [-0.1, -0.05) is 44.0 Å². The van der Waals surface area contributed by atoms with Gasteiger partial charge in [-0.3, -0.25) is 0 Å². The lowest BCUT2D eigenvalue weighted by molar-refractivity contribution is 0.302. The number of rotatable bonds is 9. The molecule has 2 aliphatic rings. The van der Waals surface area contributed by atoms with Crippen molar-refractivity contribution in [3.05, 3.63) is 77.1 Å². The largest absolute Gasteiger partial charge is 0.490 e. The van der Waals surface area contributed by atoms with Crippen LogP contribution in [0.4, 0.5) is 13.2 Å². The van der Waals surface area contributed by atoms with Crippen LogP contribution >= 0.6 is 0 Å². The number of ether oxygens (including phenoxy) is 1. The molecular weight excluding hydrogens is 445 g/mol. The molecule has 0 radical (unpaired) electrons. The van der Waals surface area contributed by atoms with Crippen LogP contribution < -0.4 is 4.74 Å². The molecule has 0 unspecified atom stereocenters. The van der Waals surface area contributed by atoms with E-state index in [0.29, 0.717) is 54.1 Å². The Morgan fingerprint density at radius 1 is 0.886 bits per heavy atom. The fraction of sp³-hybridized carbons (Fsp3) is 0.548. The minimum Gasteiger partial charge on any atom is -0.490 e. The zero-order chi connectivity index (χ0) is 24.8. The van der Waals surface area contributed by atoms with Gasteiger partial charge in [-0.05, 0) is 110 Å². The maximum atomic E-state index is 14.9. The standard InChI is InChI=1S/C31H39F3O/c1-3-4-19-35-29-18-16-26(20-28(29)32)23-12-7-22(8-13-23)9-14-25-15-17-27(31(34)30(25)33)24-10-5-21(2)6-11-24/h3,15-18,20-24H,1,4-14,19H2,2H3. The molecule has 35 heavy (non-hydrogen) atoms. The van der Waals surface area contributed by atoms with E-state index >= 15 is 0 Å². The second kappa shape index (κ2) is 12.1. The van der Waals surface area contributed by atoms with Gasteiger partial charge < -0.3 is 4.74 Å². The average Bonchev–Trinajstić information content (AvgIpc) is 2.87. The molecule has 0 N–H and O–H groups in total. The molecule has 2 aliphatic carbocycles. The molecule has 0 spiro atoms. The topological polar surface area (TPSA) is 9.23 Å². The van der Waals surface area contributed by atoms with Crippen LogP contribution in [0, 0.1) is 29.3 Å². The molecule has 0 heterocycles. The maximum absolute atomic E-state index is 14.9. The third kappa shape index (κ3) is 6.51. The third-order valence-electron chi connectivity index (χ3n) is 8.32. The molecule has 0 saturated heterocycles. The molecule has 2 aromatic rings. The van der Waals surface area contributed by atoms with E-state index in [1.807, 2.05) is 18.2 Å².